The minimum atomic E-state index is 0.193. The maximum Gasteiger partial charge on any atom is 0.219 e. The van der Waals surface area contributed by atoms with E-state index in [0.29, 0.717) is 13.0 Å². The lowest BCUT2D eigenvalue weighted by Crippen LogP contribution is -2.25. The van der Waals surface area contributed by atoms with Crippen LogP contribution in [-0.4, -0.2) is 19.0 Å². The first-order chi connectivity index (χ1) is 12.7. The summed E-state index contributed by atoms with van der Waals surface area (Å²) >= 11 is 0. The molecule has 0 aromatic heterocycles. The predicted molar refractivity (Wildman–Crippen MR) is 115 cm³/mol. The number of nitrogens with one attached hydrogen (secondary N) is 1. The van der Waals surface area contributed by atoms with E-state index in [-0.39, 0.29) is 5.91 Å². The number of carbonyl (C=O) groups is 1. The molecule has 0 bridgehead atoms. The number of amides is 1. The van der Waals surface area contributed by atoms with Crippen molar-refractivity contribution in [2.45, 2.75) is 123 Å². The zero-order chi connectivity index (χ0) is 19.3. The first-order valence-corrected chi connectivity index (χ1v) is 11.6. The molecule has 3 heteroatoms. The van der Waals surface area contributed by atoms with Crippen molar-refractivity contribution in [2.24, 2.45) is 11.7 Å². The van der Waals surface area contributed by atoms with Crippen molar-refractivity contribution in [3.8, 4) is 0 Å². The zero-order valence-electron chi connectivity index (χ0n) is 18.0. The van der Waals surface area contributed by atoms with Crippen LogP contribution in [0.3, 0.4) is 0 Å². The van der Waals surface area contributed by atoms with E-state index in [1.807, 2.05) is 0 Å². The summed E-state index contributed by atoms with van der Waals surface area (Å²) in [7, 11) is 0. The van der Waals surface area contributed by atoms with Crippen molar-refractivity contribution >= 4 is 5.91 Å². The molecule has 0 aliphatic heterocycles. The van der Waals surface area contributed by atoms with Crippen LogP contribution in [0.15, 0.2) is 0 Å². The summed E-state index contributed by atoms with van der Waals surface area (Å²) in [5.41, 5.74) is 5.41. The topological polar surface area (TPSA) is 55.1 Å². The van der Waals surface area contributed by atoms with E-state index in [1.54, 1.807) is 0 Å². The smallest absolute Gasteiger partial charge is 0.219 e. The minimum absolute atomic E-state index is 0.193. The summed E-state index contributed by atoms with van der Waals surface area (Å²) in [6.07, 6.45) is 22.0. The van der Waals surface area contributed by atoms with Gasteiger partial charge in [-0.05, 0) is 25.3 Å². The molecule has 0 aliphatic rings. The van der Waals surface area contributed by atoms with Gasteiger partial charge in [-0.2, -0.15) is 0 Å². The second-order valence-corrected chi connectivity index (χ2v) is 8.37. The SMILES string of the molecule is CC(C)CCCCCCCCCCCCCCCCC(=O)NCCCN. The van der Waals surface area contributed by atoms with Gasteiger partial charge in [-0.3, -0.25) is 4.79 Å². The van der Waals surface area contributed by atoms with E-state index >= 15 is 0 Å². The normalized spacial score (nSPS) is 11.2. The first-order valence-electron chi connectivity index (χ1n) is 11.6. The van der Waals surface area contributed by atoms with Crippen LogP contribution in [0.25, 0.3) is 0 Å². The Morgan fingerprint density at radius 3 is 1.54 bits per heavy atom. The molecule has 3 N–H and O–H groups in total. The largest absolute Gasteiger partial charge is 0.356 e. The van der Waals surface area contributed by atoms with Crippen LogP contribution in [-0.2, 0) is 4.79 Å². The molecular weight excluding hydrogens is 320 g/mol. The van der Waals surface area contributed by atoms with Crippen LogP contribution in [0.1, 0.15) is 123 Å². The van der Waals surface area contributed by atoms with Gasteiger partial charge in [0.1, 0.15) is 0 Å². The van der Waals surface area contributed by atoms with E-state index < -0.39 is 0 Å². The quantitative estimate of drug-likeness (QED) is 0.246. The van der Waals surface area contributed by atoms with E-state index in [0.717, 1.165) is 25.3 Å². The van der Waals surface area contributed by atoms with E-state index in [4.69, 9.17) is 5.73 Å². The monoisotopic (exact) mass is 368 g/mol. The lowest BCUT2D eigenvalue weighted by Gasteiger charge is -2.05. The van der Waals surface area contributed by atoms with Gasteiger partial charge in [0.25, 0.3) is 0 Å². The second kappa shape index (κ2) is 20.7. The zero-order valence-corrected chi connectivity index (χ0v) is 18.0. The summed E-state index contributed by atoms with van der Waals surface area (Å²) in [5.74, 6) is 1.07. The van der Waals surface area contributed by atoms with Crippen LogP contribution in [0.2, 0.25) is 0 Å². The number of rotatable bonds is 20. The molecule has 0 unspecified atom stereocenters. The molecule has 0 rings (SSSR count). The first kappa shape index (κ1) is 25.4. The Hall–Kier alpha value is -0.570. The van der Waals surface area contributed by atoms with Crippen LogP contribution < -0.4 is 11.1 Å². The molecule has 0 radical (unpaired) electrons. The summed E-state index contributed by atoms with van der Waals surface area (Å²) < 4.78 is 0. The Morgan fingerprint density at radius 2 is 1.12 bits per heavy atom. The maximum absolute atomic E-state index is 11.5. The van der Waals surface area contributed by atoms with Crippen molar-refractivity contribution in [3.63, 3.8) is 0 Å². The van der Waals surface area contributed by atoms with Crippen molar-refractivity contribution in [1.29, 1.82) is 0 Å². The molecule has 0 atom stereocenters. The predicted octanol–water partition coefficient (Wildman–Crippen LogP) is 6.35. The third-order valence-electron chi connectivity index (χ3n) is 5.14. The van der Waals surface area contributed by atoms with Crippen molar-refractivity contribution < 1.29 is 4.79 Å². The summed E-state index contributed by atoms with van der Waals surface area (Å²) in [4.78, 5) is 11.5. The molecule has 0 aromatic rings. The van der Waals surface area contributed by atoms with Gasteiger partial charge in [-0.1, -0.05) is 104 Å². The molecular formula is C23H48N2O. The maximum atomic E-state index is 11.5. The second-order valence-electron chi connectivity index (χ2n) is 8.37. The molecule has 0 aliphatic carbocycles. The number of nitrogens with two attached hydrogens (primary N) is 1. The Bertz CT molecular complexity index is 292. The van der Waals surface area contributed by atoms with Crippen molar-refractivity contribution in [2.75, 3.05) is 13.1 Å². The van der Waals surface area contributed by atoms with Gasteiger partial charge in [-0.25, -0.2) is 0 Å². The van der Waals surface area contributed by atoms with Gasteiger partial charge in [0.15, 0.2) is 0 Å². The molecule has 0 saturated carbocycles. The third-order valence-corrected chi connectivity index (χ3v) is 5.14. The fourth-order valence-corrected chi connectivity index (χ4v) is 3.38. The van der Waals surface area contributed by atoms with Crippen molar-refractivity contribution in [3.05, 3.63) is 0 Å². The summed E-state index contributed by atoms with van der Waals surface area (Å²) in [5, 5.41) is 2.92. The fourth-order valence-electron chi connectivity index (χ4n) is 3.38. The molecule has 3 nitrogen and oxygen atoms in total. The molecule has 26 heavy (non-hydrogen) atoms. The van der Waals surface area contributed by atoms with Gasteiger partial charge >= 0.3 is 0 Å². The van der Waals surface area contributed by atoms with Crippen LogP contribution in [0.4, 0.5) is 0 Å². The summed E-state index contributed by atoms with van der Waals surface area (Å²) in [6.45, 7) is 6.03. The molecule has 0 fully saturated rings. The van der Waals surface area contributed by atoms with Gasteiger partial charge in [0.2, 0.25) is 5.91 Å². The lowest BCUT2D eigenvalue weighted by atomic mass is 10.0. The fraction of sp³-hybridized carbons (Fsp3) is 0.957. The highest BCUT2D eigenvalue weighted by molar-refractivity contribution is 5.75. The summed E-state index contributed by atoms with van der Waals surface area (Å²) in [6, 6.07) is 0. The molecule has 156 valence electrons. The molecule has 0 heterocycles. The lowest BCUT2D eigenvalue weighted by molar-refractivity contribution is -0.121. The van der Waals surface area contributed by atoms with E-state index in [1.165, 1.54) is 89.9 Å². The minimum Gasteiger partial charge on any atom is -0.356 e. The highest BCUT2D eigenvalue weighted by Crippen LogP contribution is 2.14. The van der Waals surface area contributed by atoms with Gasteiger partial charge < -0.3 is 11.1 Å². The molecule has 0 aromatic carbocycles. The highest BCUT2D eigenvalue weighted by Gasteiger charge is 2.00. The van der Waals surface area contributed by atoms with E-state index in [9.17, 15) is 4.79 Å². The number of hydrogen-bond donors (Lipinski definition) is 2. The van der Waals surface area contributed by atoms with Gasteiger partial charge in [-0.15, -0.1) is 0 Å². The number of hydrogen-bond acceptors (Lipinski definition) is 2. The standard InChI is InChI=1S/C23H48N2O/c1-22(2)18-15-13-11-9-7-5-3-4-6-8-10-12-14-16-19-23(26)25-21-17-20-24/h22H,3-21,24H2,1-2H3,(H,25,26). The van der Waals surface area contributed by atoms with Gasteiger partial charge in [0, 0.05) is 13.0 Å². The Labute approximate surface area is 164 Å². The van der Waals surface area contributed by atoms with Crippen LogP contribution in [0.5, 0.6) is 0 Å². The highest BCUT2D eigenvalue weighted by atomic mass is 16.1. The molecule has 0 spiro atoms. The van der Waals surface area contributed by atoms with E-state index in [2.05, 4.69) is 19.2 Å². The van der Waals surface area contributed by atoms with Crippen molar-refractivity contribution in [1.82, 2.24) is 5.32 Å². The average molecular weight is 369 g/mol. The Kier molecular flexibility index (Phi) is 20.3. The Balaban J connectivity index is 3.08. The van der Waals surface area contributed by atoms with Gasteiger partial charge in [0.05, 0.1) is 0 Å². The molecule has 1 amide bonds. The molecule has 0 saturated heterocycles. The Morgan fingerprint density at radius 1 is 0.692 bits per heavy atom. The average Bonchev–Trinajstić information content (AvgIpc) is 2.61. The number of unbranched alkanes of at least 4 members (excludes halogenated alkanes) is 13. The van der Waals surface area contributed by atoms with Crippen LogP contribution >= 0.6 is 0 Å². The number of carbonyl (C=O) groups excluding carboxylic acids is 1. The third kappa shape index (κ3) is 21.5. The van der Waals surface area contributed by atoms with Crippen LogP contribution in [0, 0.1) is 5.92 Å².